The van der Waals surface area contributed by atoms with Crippen LogP contribution in [0.5, 0.6) is 17.2 Å². The minimum Gasteiger partial charge on any atom is -0.493 e. The predicted octanol–water partition coefficient (Wildman–Crippen LogP) is 5.24. The second-order valence-corrected chi connectivity index (χ2v) is 14.6. The molecule has 4 aromatic rings. The van der Waals surface area contributed by atoms with Crippen molar-refractivity contribution in [3.8, 4) is 17.2 Å². The van der Waals surface area contributed by atoms with Crippen molar-refractivity contribution in [1.29, 1.82) is 0 Å². The van der Waals surface area contributed by atoms with Crippen LogP contribution in [0.15, 0.2) is 102 Å². The number of methoxy groups -OCH3 is 1. The van der Waals surface area contributed by atoms with Crippen molar-refractivity contribution in [1.82, 2.24) is 15.1 Å². The fraction of sp³-hybridized carbons (Fsp3) is 0.308. The van der Waals surface area contributed by atoms with Gasteiger partial charge in [0, 0.05) is 25.2 Å². The number of fused-ring (bicyclic) bond motifs is 5. The average molecular weight is 712 g/mol. The van der Waals surface area contributed by atoms with E-state index in [4.69, 9.17) is 14.2 Å². The zero-order valence-electron chi connectivity index (χ0n) is 28.6. The number of piperidine rings is 1. The lowest BCUT2D eigenvalue weighted by Gasteiger charge is -2.39. The van der Waals surface area contributed by atoms with Crippen LogP contribution in [0, 0.1) is 0 Å². The largest absolute Gasteiger partial charge is 0.493 e. The minimum absolute atomic E-state index is 0.0350. The van der Waals surface area contributed by atoms with Crippen molar-refractivity contribution in [3.05, 3.63) is 119 Å². The van der Waals surface area contributed by atoms with Crippen molar-refractivity contribution >= 4 is 27.6 Å². The van der Waals surface area contributed by atoms with Gasteiger partial charge in [-0.2, -0.15) is 0 Å². The van der Waals surface area contributed by atoms with Crippen LogP contribution < -0.4 is 14.8 Å². The molecule has 1 saturated heterocycles. The summed E-state index contributed by atoms with van der Waals surface area (Å²) in [5.74, 6) is -0.0554. The standard InChI is InChI=1S/C39H41N3O8S/c1-3-19-41-24-37(43)40-32-18-20-42(39(45)31-14-7-8-15-36(31)51(46,47)26-27-10-5-4-6-11-27)23-35(32)49-25-28-12-9-13-30(21-28)50-34-22-29(38(41)44)16-17-33(34)48-2/h4-17,21-22,32,35H,3,18-20,23-26H2,1-2H3,(H,40,43)/t32-,35-/m0/s1. The van der Waals surface area contributed by atoms with Crippen molar-refractivity contribution in [3.63, 3.8) is 0 Å². The Kier molecular flexibility index (Phi) is 11.0. The number of likely N-dealkylation sites (tertiary alicyclic amines) is 1. The molecule has 11 nitrogen and oxygen atoms in total. The number of amides is 3. The summed E-state index contributed by atoms with van der Waals surface area (Å²) in [5, 5.41) is 3.07. The molecule has 2 heterocycles. The molecule has 1 N–H and O–H groups in total. The first kappa shape index (κ1) is 35.6. The molecule has 266 valence electrons. The van der Waals surface area contributed by atoms with Gasteiger partial charge in [-0.15, -0.1) is 0 Å². The number of ether oxygens (including phenoxy) is 3. The lowest BCUT2D eigenvalue weighted by molar-refractivity contribution is -0.124. The second kappa shape index (κ2) is 15.8. The summed E-state index contributed by atoms with van der Waals surface area (Å²) in [4.78, 5) is 44.3. The second-order valence-electron chi connectivity index (χ2n) is 12.6. The van der Waals surface area contributed by atoms with E-state index in [1.165, 1.54) is 24.1 Å². The number of carbonyl (C=O) groups excluding carboxylic acids is 3. The van der Waals surface area contributed by atoms with Gasteiger partial charge in [0.1, 0.15) is 5.75 Å². The Balaban J connectivity index is 1.28. The quantitative estimate of drug-likeness (QED) is 0.276. The summed E-state index contributed by atoms with van der Waals surface area (Å²) >= 11 is 0. The molecule has 2 atom stereocenters. The molecule has 1 fully saturated rings. The normalized spacial score (nSPS) is 18.3. The molecule has 4 bridgehead atoms. The number of nitrogens with zero attached hydrogens (tertiary/aromatic N) is 2. The number of nitrogens with one attached hydrogen (secondary N) is 1. The molecule has 2 aliphatic heterocycles. The van der Waals surface area contributed by atoms with E-state index in [0.29, 0.717) is 47.8 Å². The van der Waals surface area contributed by atoms with E-state index >= 15 is 0 Å². The van der Waals surface area contributed by atoms with E-state index in [-0.39, 0.29) is 54.3 Å². The summed E-state index contributed by atoms with van der Waals surface area (Å²) < 4.78 is 45.3. The van der Waals surface area contributed by atoms with Crippen LogP contribution in [0.3, 0.4) is 0 Å². The van der Waals surface area contributed by atoms with Gasteiger partial charge >= 0.3 is 0 Å². The van der Waals surface area contributed by atoms with Crippen molar-refractivity contribution in [2.75, 3.05) is 33.3 Å². The Hall–Kier alpha value is -5.20. The number of benzene rings is 4. The molecule has 12 heteroatoms. The van der Waals surface area contributed by atoms with Gasteiger partial charge < -0.3 is 29.3 Å². The highest BCUT2D eigenvalue weighted by Gasteiger charge is 2.36. The maximum atomic E-state index is 14.1. The third-order valence-electron chi connectivity index (χ3n) is 8.96. The van der Waals surface area contributed by atoms with E-state index in [9.17, 15) is 22.8 Å². The number of sulfone groups is 1. The van der Waals surface area contributed by atoms with Crippen molar-refractivity contribution < 1.29 is 37.0 Å². The Labute approximate surface area is 298 Å². The van der Waals surface area contributed by atoms with Gasteiger partial charge in [-0.3, -0.25) is 14.4 Å². The highest BCUT2D eigenvalue weighted by atomic mass is 32.2. The molecule has 0 aromatic heterocycles. The van der Waals surface area contributed by atoms with Crippen molar-refractivity contribution in [2.24, 2.45) is 0 Å². The number of rotatable bonds is 7. The highest BCUT2D eigenvalue weighted by molar-refractivity contribution is 7.90. The molecular weight excluding hydrogens is 671 g/mol. The van der Waals surface area contributed by atoms with Crippen LogP contribution in [-0.2, 0) is 31.7 Å². The molecule has 6 rings (SSSR count). The smallest absolute Gasteiger partial charge is 0.255 e. The minimum atomic E-state index is -3.85. The van der Waals surface area contributed by atoms with E-state index < -0.39 is 27.9 Å². The highest BCUT2D eigenvalue weighted by Crippen LogP contribution is 2.34. The number of hydrogen-bond acceptors (Lipinski definition) is 8. The summed E-state index contributed by atoms with van der Waals surface area (Å²) in [5.41, 5.74) is 1.85. The lowest BCUT2D eigenvalue weighted by atomic mass is 10.00. The van der Waals surface area contributed by atoms with Crippen LogP contribution in [0.1, 0.15) is 51.6 Å². The average Bonchev–Trinajstić information content (AvgIpc) is 3.13. The van der Waals surface area contributed by atoms with Crippen LogP contribution in [0.25, 0.3) is 0 Å². The SMILES string of the molecule is CCCN1CC(=O)N[C@H]2CCN(C(=O)c3ccccc3S(=O)(=O)Cc3ccccc3)C[C@@H]2OCc2cccc(c2)Oc2cc(ccc2OC)C1=O. The molecule has 0 spiro atoms. The first-order chi connectivity index (χ1) is 24.6. The maximum absolute atomic E-state index is 14.1. The molecule has 0 saturated carbocycles. The molecule has 51 heavy (non-hydrogen) atoms. The van der Waals surface area contributed by atoms with Gasteiger partial charge in [0.05, 0.1) is 48.6 Å². The van der Waals surface area contributed by atoms with Gasteiger partial charge in [-0.25, -0.2) is 8.42 Å². The fourth-order valence-electron chi connectivity index (χ4n) is 6.44. The first-order valence-electron chi connectivity index (χ1n) is 16.9. The van der Waals surface area contributed by atoms with Gasteiger partial charge in [-0.1, -0.05) is 61.5 Å². The lowest BCUT2D eigenvalue weighted by Crippen LogP contribution is -2.57. The topological polar surface area (TPSA) is 132 Å². The Morgan fingerprint density at radius 3 is 2.53 bits per heavy atom. The van der Waals surface area contributed by atoms with E-state index in [0.717, 1.165) is 5.56 Å². The third kappa shape index (κ3) is 8.41. The molecule has 4 aromatic carbocycles. The summed E-state index contributed by atoms with van der Waals surface area (Å²) in [6.07, 6.45) is 0.355. The summed E-state index contributed by atoms with van der Waals surface area (Å²) in [7, 11) is -2.33. The Morgan fingerprint density at radius 2 is 1.75 bits per heavy atom. The predicted molar refractivity (Wildman–Crippen MR) is 191 cm³/mol. The molecule has 0 aliphatic carbocycles. The number of hydrogen-bond donors (Lipinski definition) is 1. The van der Waals surface area contributed by atoms with Gasteiger partial charge in [0.15, 0.2) is 21.3 Å². The zero-order chi connectivity index (χ0) is 36.0. The van der Waals surface area contributed by atoms with E-state index in [1.807, 2.05) is 31.2 Å². The van der Waals surface area contributed by atoms with E-state index in [1.54, 1.807) is 65.6 Å². The van der Waals surface area contributed by atoms with Crippen LogP contribution in [0.4, 0.5) is 0 Å². The summed E-state index contributed by atoms with van der Waals surface area (Å²) in [6.45, 7) is 2.62. The number of carbonyl (C=O) groups is 3. The molecule has 2 aliphatic rings. The van der Waals surface area contributed by atoms with Gasteiger partial charge in [0.25, 0.3) is 11.8 Å². The monoisotopic (exact) mass is 711 g/mol. The first-order valence-corrected chi connectivity index (χ1v) is 18.6. The van der Waals surface area contributed by atoms with Gasteiger partial charge in [-0.05, 0) is 66.4 Å². The Bertz CT molecular complexity index is 2000. The van der Waals surface area contributed by atoms with Gasteiger partial charge in [0.2, 0.25) is 5.91 Å². The maximum Gasteiger partial charge on any atom is 0.255 e. The van der Waals surface area contributed by atoms with Crippen molar-refractivity contribution in [2.45, 2.75) is 49.2 Å². The van der Waals surface area contributed by atoms with Crippen LogP contribution in [-0.4, -0.2) is 81.4 Å². The third-order valence-corrected chi connectivity index (χ3v) is 10.7. The van der Waals surface area contributed by atoms with Crippen LogP contribution in [0.2, 0.25) is 0 Å². The van der Waals surface area contributed by atoms with E-state index in [2.05, 4.69) is 5.32 Å². The summed E-state index contributed by atoms with van der Waals surface area (Å²) in [6, 6.07) is 26.9. The molecule has 0 unspecified atom stereocenters. The van der Waals surface area contributed by atoms with Crippen LogP contribution >= 0.6 is 0 Å². The molecular formula is C39H41N3O8S. The Morgan fingerprint density at radius 1 is 0.961 bits per heavy atom. The fourth-order valence-corrected chi connectivity index (χ4v) is 8.00. The molecule has 3 amide bonds. The molecule has 0 radical (unpaired) electrons. The zero-order valence-corrected chi connectivity index (χ0v) is 29.4.